The smallest absolute Gasteiger partial charge is 0.258 e. The van der Waals surface area contributed by atoms with Crippen LogP contribution in [0.1, 0.15) is 46.7 Å². The standard InChI is InChI=1S/C18H26N2O2S.ClH/c1-22-18(16-8-7-15(23-16)17(19)21)13-3-2-4-14(18)11-20(10-13)9-12-5-6-12;/h7-8,12-14H,2-6,9-11H2,1H3,(H2,19,21);1H. The Morgan fingerprint density at radius 1 is 1.29 bits per heavy atom. The van der Waals surface area contributed by atoms with E-state index in [0.717, 1.165) is 19.0 Å². The minimum atomic E-state index is -0.330. The van der Waals surface area contributed by atoms with Crippen LogP contribution in [0.4, 0.5) is 0 Å². The van der Waals surface area contributed by atoms with Crippen molar-refractivity contribution in [3.63, 3.8) is 0 Å². The number of fused-ring (bicyclic) bond motifs is 2. The van der Waals surface area contributed by atoms with Crippen LogP contribution in [-0.2, 0) is 10.3 Å². The first-order chi connectivity index (χ1) is 11.1. The number of carbonyl (C=O) groups is 1. The Balaban J connectivity index is 0.00000169. The van der Waals surface area contributed by atoms with Crippen molar-refractivity contribution in [2.75, 3.05) is 26.7 Å². The van der Waals surface area contributed by atoms with E-state index >= 15 is 0 Å². The average Bonchev–Trinajstić information content (AvgIpc) is 3.18. The Morgan fingerprint density at radius 2 is 1.96 bits per heavy atom. The van der Waals surface area contributed by atoms with E-state index in [1.54, 1.807) is 0 Å². The number of piperidine rings is 1. The van der Waals surface area contributed by atoms with Crippen molar-refractivity contribution in [1.29, 1.82) is 0 Å². The fourth-order valence-electron chi connectivity index (χ4n) is 4.86. The zero-order valence-corrected chi connectivity index (χ0v) is 15.8. The van der Waals surface area contributed by atoms with Crippen LogP contribution in [0, 0.1) is 17.8 Å². The lowest BCUT2D eigenvalue weighted by molar-refractivity contribution is -0.167. The van der Waals surface area contributed by atoms with Gasteiger partial charge in [0.05, 0.1) is 4.88 Å². The summed E-state index contributed by atoms with van der Waals surface area (Å²) >= 11 is 1.54. The van der Waals surface area contributed by atoms with E-state index in [1.165, 1.54) is 54.9 Å². The fourth-order valence-corrected chi connectivity index (χ4v) is 6.04. The molecule has 4 rings (SSSR count). The minimum absolute atomic E-state index is 0. The number of halogens is 1. The highest BCUT2D eigenvalue weighted by atomic mass is 35.5. The van der Waals surface area contributed by atoms with Crippen LogP contribution in [0.5, 0.6) is 0 Å². The van der Waals surface area contributed by atoms with E-state index in [9.17, 15) is 4.79 Å². The lowest BCUT2D eigenvalue weighted by atomic mass is 9.64. The van der Waals surface area contributed by atoms with Crippen molar-refractivity contribution in [2.24, 2.45) is 23.5 Å². The largest absolute Gasteiger partial charge is 0.372 e. The second kappa shape index (κ2) is 6.94. The molecule has 1 aliphatic heterocycles. The van der Waals surface area contributed by atoms with E-state index in [-0.39, 0.29) is 23.9 Å². The number of ether oxygens (including phenoxy) is 1. The Kier molecular flexibility index (Phi) is 5.26. The highest BCUT2D eigenvalue weighted by Crippen LogP contribution is 2.53. The maximum Gasteiger partial charge on any atom is 0.258 e. The number of carbonyl (C=O) groups excluding carboxylic acids is 1. The summed E-state index contributed by atoms with van der Waals surface area (Å²) < 4.78 is 6.23. The molecule has 2 aliphatic carbocycles. The predicted molar refractivity (Wildman–Crippen MR) is 98.8 cm³/mol. The van der Waals surface area contributed by atoms with Gasteiger partial charge in [0, 0.05) is 43.5 Å². The number of methoxy groups -OCH3 is 1. The Labute approximate surface area is 154 Å². The van der Waals surface area contributed by atoms with Gasteiger partial charge in [-0.3, -0.25) is 4.79 Å². The molecule has 0 aromatic carbocycles. The summed E-state index contributed by atoms with van der Waals surface area (Å²) in [6.07, 6.45) is 6.55. The molecule has 3 aliphatic rings. The summed E-state index contributed by atoms with van der Waals surface area (Å²) in [5.41, 5.74) is 5.25. The van der Waals surface area contributed by atoms with Crippen LogP contribution in [0.15, 0.2) is 12.1 Å². The number of rotatable bonds is 5. The van der Waals surface area contributed by atoms with Crippen molar-refractivity contribution < 1.29 is 9.53 Å². The van der Waals surface area contributed by atoms with E-state index in [2.05, 4.69) is 11.0 Å². The third kappa shape index (κ3) is 3.00. The van der Waals surface area contributed by atoms with Crippen LogP contribution in [-0.4, -0.2) is 37.6 Å². The lowest BCUT2D eigenvalue weighted by Crippen LogP contribution is -2.59. The third-order valence-electron chi connectivity index (χ3n) is 6.06. The number of amides is 1. The van der Waals surface area contributed by atoms with Gasteiger partial charge in [-0.15, -0.1) is 23.7 Å². The van der Waals surface area contributed by atoms with Gasteiger partial charge in [0.15, 0.2) is 0 Å². The summed E-state index contributed by atoms with van der Waals surface area (Å²) in [7, 11) is 1.85. The Hall–Kier alpha value is -0.620. The van der Waals surface area contributed by atoms with Crippen molar-refractivity contribution >= 4 is 29.7 Å². The van der Waals surface area contributed by atoms with Gasteiger partial charge in [0.25, 0.3) is 5.91 Å². The highest BCUT2D eigenvalue weighted by Gasteiger charge is 2.54. The van der Waals surface area contributed by atoms with Gasteiger partial charge in [-0.25, -0.2) is 0 Å². The molecular weight excluding hydrogens is 344 g/mol. The molecule has 1 aromatic rings. The SMILES string of the molecule is COC1(c2ccc(C(N)=O)s2)C2CCCC1CN(CC1CC1)C2.Cl. The number of likely N-dealkylation sites (tertiary alicyclic amines) is 1. The van der Waals surface area contributed by atoms with E-state index in [0.29, 0.717) is 16.7 Å². The third-order valence-corrected chi connectivity index (χ3v) is 7.29. The quantitative estimate of drug-likeness (QED) is 0.865. The average molecular weight is 371 g/mol. The molecule has 2 saturated carbocycles. The van der Waals surface area contributed by atoms with Crippen LogP contribution in [0.2, 0.25) is 0 Å². The van der Waals surface area contributed by atoms with Gasteiger partial charge in [-0.2, -0.15) is 0 Å². The molecule has 134 valence electrons. The molecule has 1 amide bonds. The molecule has 1 saturated heterocycles. The molecule has 4 nitrogen and oxygen atoms in total. The molecule has 2 heterocycles. The van der Waals surface area contributed by atoms with Crippen LogP contribution >= 0.6 is 23.7 Å². The van der Waals surface area contributed by atoms with Crippen molar-refractivity contribution in [1.82, 2.24) is 4.90 Å². The van der Waals surface area contributed by atoms with E-state index in [1.807, 2.05) is 13.2 Å². The number of thiophene rings is 1. The first kappa shape index (κ1) is 18.2. The molecule has 24 heavy (non-hydrogen) atoms. The molecular formula is C18H27ClN2O2S. The zero-order valence-electron chi connectivity index (χ0n) is 14.2. The first-order valence-electron chi connectivity index (χ1n) is 8.81. The lowest BCUT2D eigenvalue weighted by Gasteiger charge is -2.55. The Bertz CT molecular complexity index is 588. The minimum Gasteiger partial charge on any atom is -0.372 e. The molecule has 2 unspecified atom stereocenters. The zero-order chi connectivity index (χ0) is 16.0. The summed E-state index contributed by atoms with van der Waals surface area (Å²) in [5.74, 6) is 1.66. The predicted octanol–water partition coefficient (Wildman–Crippen LogP) is 3.25. The summed E-state index contributed by atoms with van der Waals surface area (Å²) in [4.78, 5) is 16.0. The summed E-state index contributed by atoms with van der Waals surface area (Å²) in [6.45, 7) is 3.53. The number of hydrogen-bond acceptors (Lipinski definition) is 4. The van der Waals surface area contributed by atoms with Gasteiger partial charge in [0.2, 0.25) is 0 Å². The highest BCUT2D eigenvalue weighted by molar-refractivity contribution is 7.14. The topological polar surface area (TPSA) is 55.6 Å². The van der Waals surface area contributed by atoms with Gasteiger partial charge in [-0.05, 0) is 43.7 Å². The summed E-state index contributed by atoms with van der Waals surface area (Å²) in [5, 5.41) is 0. The molecule has 0 radical (unpaired) electrons. The van der Waals surface area contributed by atoms with Crippen LogP contribution in [0.3, 0.4) is 0 Å². The fraction of sp³-hybridized carbons (Fsp3) is 0.722. The van der Waals surface area contributed by atoms with Crippen LogP contribution < -0.4 is 5.73 Å². The molecule has 0 spiro atoms. The van der Waals surface area contributed by atoms with Crippen molar-refractivity contribution in [2.45, 2.75) is 37.7 Å². The normalized spacial score (nSPS) is 33.0. The maximum atomic E-state index is 11.5. The first-order valence-corrected chi connectivity index (χ1v) is 9.62. The van der Waals surface area contributed by atoms with Gasteiger partial charge >= 0.3 is 0 Å². The molecule has 3 fully saturated rings. The maximum absolute atomic E-state index is 11.5. The summed E-state index contributed by atoms with van der Waals surface area (Å²) in [6, 6.07) is 3.95. The van der Waals surface area contributed by atoms with Crippen molar-refractivity contribution in [3.05, 3.63) is 21.9 Å². The second-order valence-corrected chi connectivity index (χ2v) is 8.60. The molecule has 6 heteroatoms. The van der Waals surface area contributed by atoms with Crippen molar-refractivity contribution in [3.8, 4) is 0 Å². The van der Waals surface area contributed by atoms with Crippen LogP contribution in [0.25, 0.3) is 0 Å². The number of nitrogens with zero attached hydrogens (tertiary/aromatic N) is 1. The van der Waals surface area contributed by atoms with Gasteiger partial charge in [-0.1, -0.05) is 6.42 Å². The second-order valence-electron chi connectivity index (χ2n) is 7.51. The van der Waals surface area contributed by atoms with E-state index < -0.39 is 0 Å². The number of hydrogen-bond donors (Lipinski definition) is 1. The van der Waals surface area contributed by atoms with Gasteiger partial charge < -0.3 is 15.4 Å². The number of primary amides is 1. The van der Waals surface area contributed by atoms with E-state index in [4.69, 9.17) is 10.5 Å². The Morgan fingerprint density at radius 3 is 2.46 bits per heavy atom. The number of nitrogens with two attached hydrogens (primary N) is 1. The molecule has 1 aromatic heterocycles. The molecule has 2 N–H and O–H groups in total. The molecule has 2 bridgehead atoms. The van der Waals surface area contributed by atoms with Gasteiger partial charge in [0.1, 0.15) is 5.60 Å². The monoisotopic (exact) mass is 370 g/mol. The molecule has 2 atom stereocenters.